The van der Waals surface area contributed by atoms with Crippen molar-refractivity contribution < 1.29 is 24.0 Å². The molecule has 0 rings (SSSR count). The zero-order chi connectivity index (χ0) is 26.7. The molecule has 0 aliphatic heterocycles. The van der Waals surface area contributed by atoms with Gasteiger partial charge in [-0.1, -0.05) is 40.5 Å². The standard InChI is InChI=1S/C17H31N5O5.C4H10.C2H6/c1-13(23)8-19(4)15(25)10-21(6)17(27)12-22(7)16(26)11-20(5)14(24)9-18(2)3;1-3-4-2;1-2/h8-12H2,1-7H3;3-4H2,1-2H3;1-2H3. The molecule has 0 bridgehead atoms. The van der Waals surface area contributed by atoms with E-state index in [4.69, 9.17) is 0 Å². The highest BCUT2D eigenvalue weighted by molar-refractivity contribution is 5.91. The summed E-state index contributed by atoms with van der Waals surface area (Å²) in [6.07, 6.45) is 2.64. The minimum atomic E-state index is -0.419. The molecule has 0 aromatic heterocycles. The van der Waals surface area contributed by atoms with E-state index < -0.39 is 5.91 Å². The number of rotatable bonds is 11. The lowest BCUT2D eigenvalue weighted by atomic mass is 10.3. The predicted molar refractivity (Wildman–Crippen MR) is 132 cm³/mol. The average molecular weight is 474 g/mol. The van der Waals surface area contributed by atoms with E-state index in [-0.39, 0.29) is 56.2 Å². The van der Waals surface area contributed by atoms with Crippen molar-refractivity contribution in [3.63, 3.8) is 0 Å². The number of nitrogens with zero attached hydrogens (tertiary/aromatic N) is 5. The van der Waals surface area contributed by atoms with Crippen LogP contribution >= 0.6 is 0 Å². The van der Waals surface area contributed by atoms with Gasteiger partial charge in [-0.25, -0.2) is 0 Å². The fraction of sp³-hybridized carbons (Fsp3) is 0.783. The molecule has 33 heavy (non-hydrogen) atoms. The molecule has 0 atom stereocenters. The fourth-order valence-corrected chi connectivity index (χ4v) is 2.05. The lowest BCUT2D eigenvalue weighted by Crippen LogP contribution is -2.47. The largest absolute Gasteiger partial charge is 0.337 e. The number of hydrogen-bond acceptors (Lipinski definition) is 6. The SMILES string of the molecule is CC.CC(=O)CN(C)C(=O)CN(C)C(=O)CN(C)C(=O)CN(C)C(=O)CN(C)C.CCCC. The predicted octanol–water partition coefficient (Wildman–Crippen LogP) is 0.803. The van der Waals surface area contributed by atoms with Crippen LogP contribution in [0.25, 0.3) is 0 Å². The molecule has 0 aliphatic rings. The third kappa shape index (κ3) is 18.8. The third-order valence-corrected chi connectivity index (χ3v) is 4.23. The second-order valence-corrected chi connectivity index (χ2v) is 7.94. The smallest absolute Gasteiger partial charge is 0.242 e. The van der Waals surface area contributed by atoms with Gasteiger partial charge in [0.25, 0.3) is 0 Å². The highest BCUT2D eigenvalue weighted by Crippen LogP contribution is 1.96. The van der Waals surface area contributed by atoms with Crippen molar-refractivity contribution in [3.05, 3.63) is 0 Å². The van der Waals surface area contributed by atoms with E-state index in [1.807, 2.05) is 13.8 Å². The first-order valence-electron chi connectivity index (χ1n) is 11.4. The van der Waals surface area contributed by atoms with Gasteiger partial charge in [0, 0.05) is 28.2 Å². The van der Waals surface area contributed by atoms with Crippen LogP contribution in [0.3, 0.4) is 0 Å². The molecule has 0 saturated heterocycles. The van der Waals surface area contributed by atoms with Crippen LogP contribution in [0.15, 0.2) is 0 Å². The van der Waals surface area contributed by atoms with Gasteiger partial charge < -0.3 is 24.5 Å². The molecule has 0 aromatic rings. The van der Waals surface area contributed by atoms with Crippen LogP contribution in [-0.2, 0) is 24.0 Å². The topological polar surface area (TPSA) is 102 Å². The van der Waals surface area contributed by atoms with Gasteiger partial charge >= 0.3 is 0 Å². The van der Waals surface area contributed by atoms with Gasteiger partial charge in [0.05, 0.1) is 32.7 Å². The molecular formula is C23H47N5O5. The van der Waals surface area contributed by atoms with Gasteiger partial charge in [-0.05, 0) is 21.0 Å². The Labute approximate surface area is 200 Å². The molecule has 0 N–H and O–H groups in total. The van der Waals surface area contributed by atoms with Crippen molar-refractivity contribution in [3.8, 4) is 0 Å². The minimum absolute atomic E-state index is 0.0213. The molecule has 0 fully saturated rings. The quantitative estimate of drug-likeness (QED) is 0.440. The summed E-state index contributed by atoms with van der Waals surface area (Å²) in [5.74, 6) is -1.53. The first kappa shape index (κ1) is 35.1. The second-order valence-electron chi connectivity index (χ2n) is 7.94. The lowest BCUT2D eigenvalue weighted by Gasteiger charge is -2.25. The maximum atomic E-state index is 12.2. The Morgan fingerprint density at radius 1 is 0.485 bits per heavy atom. The third-order valence-electron chi connectivity index (χ3n) is 4.23. The van der Waals surface area contributed by atoms with E-state index in [2.05, 4.69) is 13.8 Å². The maximum Gasteiger partial charge on any atom is 0.242 e. The Hall–Kier alpha value is -2.49. The molecule has 0 aliphatic carbocycles. The summed E-state index contributed by atoms with van der Waals surface area (Å²) in [6, 6.07) is 0. The molecule has 0 radical (unpaired) electrons. The Balaban J connectivity index is -0.00000134. The number of hydrogen-bond donors (Lipinski definition) is 0. The number of Topliss-reactive ketones (excluding diaryl/α,β-unsaturated/α-hetero) is 1. The summed E-state index contributed by atoms with van der Waals surface area (Å²) in [5.41, 5.74) is 0. The van der Waals surface area contributed by atoms with Crippen molar-refractivity contribution in [2.24, 2.45) is 0 Å². The van der Waals surface area contributed by atoms with Crippen LogP contribution in [0.4, 0.5) is 0 Å². The molecule has 0 spiro atoms. The van der Waals surface area contributed by atoms with Crippen LogP contribution in [0.5, 0.6) is 0 Å². The molecular weight excluding hydrogens is 426 g/mol. The van der Waals surface area contributed by atoms with Crippen molar-refractivity contribution in [1.82, 2.24) is 24.5 Å². The zero-order valence-corrected chi connectivity index (χ0v) is 22.7. The van der Waals surface area contributed by atoms with Gasteiger partial charge in [0.15, 0.2) is 0 Å². The molecule has 0 heterocycles. The molecule has 10 heteroatoms. The number of amides is 4. The minimum Gasteiger partial charge on any atom is -0.337 e. The van der Waals surface area contributed by atoms with Crippen molar-refractivity contribution >= 4 is 29.4 Å². The summed E-state index contributed by atoms with van der Waals surface area (Å²) >= 11 is 0. The Morgan fingerprint density at radius 3 is 0.939 bits per heavy atom. The van der Waals surface area contributed by atoms with Crippen LogP contribution in [0.2, 0.25) is 0 Å². The molecule has 0 saturated carbocycles. The number of likely N-dealkylation sites (N-methyl/N-ethyl adjacent to an activating group) is 5. The molecule has 0 aromatic carbocycles. The van der Waals surface area contributed by atoms with Gasteiger partial charge in [0.1, 0.15) is 5.78 Å². The monoisotopic (exact) mass is 473 g/mol. The van der Waals surface area contributed by atoms with Crippen molar-refractivity contribution in [2.45, 2.75) is 47.5 Å². The highest BCUT2D eigenvalue weighted by Gasteiger charge is 2.21. The maximum absolute atomic E-state index is 12.2. The first-order valence-corrected chi connectivity index (χ1v) is 11.4. The van der Waals surface area contributed by atoms with Gasteiger partial charge in [-0.15, -0.1) is 0 Å². The number of ketones is 1. The van der Waals surface area contributed by atoms with Crippen molar-refractivity contribution in [2.75, 3.05) is 75.0 Å². The van der Waals surface area contributed by atoms with E-state index in [0.717, 1.165) is 0 Å². The highest BCUT2D eigenvalue weighted by atomic mass is 16.2. The summed E-state index contributed by atoms with van der Waals surface area (Å²) < 4.78 is 0. The fourth-order valence-electron chi connectivity index (χ4n) is 2.05. The van der Waals surface area contributed by atoms with E-state index in [1.165, 1.54) is 67.6 Å². The molecule has 4 amide bonds. The van der Waals surface area contributed by atoms with Gasteiger partial charge in [0.2, 0.25) is 23.6 Å². The van der Waals surface area contributed by atoms with E-state index in [9.17, 15) is 24.0 Å². The second kappa shape index (κ2) is 20.1. The molecule has 0 unspecified atom stereocenters. The molecule has 194 valence electrons. The van der Waals surface area contributed by atoms with E-state index >= 15 is 0 Å². The van der Waals surface area contributed by atoms with Crippen LogP contribution in [0, 0.1) is 0 Å². The lowest BCUT2D eigenvalue weighted by molar-refractivity contribution is -0.144. The number of unbranched alkanes of at least 4 members (excludes halogenated alkanes) is 1. The Kier molecular flexibility index (Phi) is 21.4. The van der Waals surface area contributed by atoms with Crippen LogP contribution < -0.4 is 0 Å². The average Bonchev–Trinajstić information content (AvgIpc) is 2.73. The van der Waals surface area contributed by atoms with Gasteiger partial charge in [-0.3, -0.25) is 24.0 Å². The summed E-state index contributed by atoms with van der Waals surface area (Å²) in [4.78, 5) is 65.9. The van der Waals surface area contributed by atoms with Crippen LogP contribution in [-0.4, -0.2) is 129 Å². The Bertz CT molecular complexity index is 608. The van der Waals surface area contributed by atoms with Crippen LogP contribution in [0.1, 0.15) is 47.5 Å². The summed E-state index contributed by atoms with van der Waals surface area (Å²) in [6.45, 7) is 9.36. The number of carbonyl (C=O) groups is 5. The van der Waals surface area contributed by atoms with Gasteiger partial charge in [-0.2, -0.15) is 0 Å². The summed E-state index contributed by atoms with van der Waals surface area (Å²) in [7, 11) is 9.43. The zero-order valence-electron chi connectivity index (χ0n) is 22.7. The Morgan fingerprint density at radius 2 is 0.727 bits per heavy atom. The number of carbonyl (C=O) groups excluding carboxylic acids is 5. The van der Waals surface area contributed by atoms with E-state index in [1.54, 1.807) is 19.0 Å². The summed E-state index contributed by atoms with van der Waals surface area (Å²) in [5, 5.41) is 0. The van der Waals surface area contributed by atoms with Crippen molar-refractivity contribution in [1.29, 1.82) is 0 Å². The molecule has 10 nitrogen and oxygen atoms in total. The first-order chi connectivity index (χ1) is 15.3. The van der Waals surface area contributed by atoms with E-state index in [0.29, 0.717) is 0 Å². The normalized spacial score (nSPS) is 9.58.